The highest BCUT2D eigenvalue weighted by Gasteiger charge is 2.60. The van der Waals surface area contributed by atoms with Crippen LogP contribution in [0.25, 0.3) is 0 Å². The Morgan fingerprint density at radius 3 is 2.20 bits per heavy atom. The molecule has 1 aromatic carbocycles. The molecule has 1 heterocycles. The van der Waals surface area contributed by atoms with Gasteiger partial charge in [-0.2, -0.15) is 5.06 Å². The van der Waals surface area contributed by atoms with E-state index in [4.69, 9.17) is 4.84 Å². The smallest absolute Gasteiger partial charge is 0.258 e. The fraction of sp³-hybridized carbons (Fsp3) is 0.375. The molecule has 102 valence electrons. The molecule has 4 atom stereocenters. The van der Waals surface area contributed by atoms with Crippen LogP contribution in [0.1, 0.15) is 12.0 Å². The Morgan fingerprint density at radius 2 is 1.60 bits per heavy atom. The van der Waals surface area contributed by atoms with Crippen LogP contribution in [0.3, 0.4) is 0 Å². The van der Waals surface area contributed by atoms with E-state index >= 15 is 0 Å². The number of amides is 2. The number of hydrogen-bond donors (Lipinski definition) is 0. The third kappa shape index (κ3) is 1.58. The summed E-state index contributed by atoms with van der Waals surface area (Å²) >= 11 is 0. The summed E-state index contributed by atoms with van der Waals surface area (Å²) in [7, 11) is 0. The summed E-state index contributed by atoms with van der Waals surface area (Å²) in [6.07, 6.45) is 5.11. The zero-order valence-electron chi connectivity index (χ0n) is 10.9. The molecule has 4 heteroatoms. The Hall–Kier alpha value is -1.94. The largest absolute Gasteiger partial charge is 0.272 e. The van der Waals surface area contributed by atoms with Crippen molar-refractivity contribution in [3.05, 3.63) is 48.0 Å². The van der Waals surface area contributed by atoms with E-state index in [0.29, 0.717) is 0 Å². The fourth-order valence-electron chi connectivity index (χ4n) is 3.72. The lowest BCUT2D eigenvalue weighted by Crippen LogP contribution is -2.32. The normalized spacial score (nSPS) is 34.1. The van der Waals surface area contributed by atoms with Crippen molar-refractivity contribution in [2.24, 2.45) is 23.7 Å². The number of rotatable bonds is 3. The van der Waals surface area contributed by atoms with Gasteiger partial charge in [0.05, 0.1) is 11.8 Å². The van der Waals surface area contributed by atoms with Gasteiger partial charge in [0.25, 0.3) is 11.8 Å². The number of benzene rings is 1. The molecule has 0 N–H and O–H groups in total. The quantitative estimate of drug-likeness (QED) is 0.622. The van der Waals surface area contributed by atoms with Gasteiger partial charge in [-0.1, -0.05) is 42.5 Å². The van der Waals surface area contributed by atoms with Crippen molar-refractivity contribution in [1.29, 1.82) is 0 Å². The van der Waals surface area contributed by atoms with E-state index in [1.807, 2.05) is 30.3 Å². The highest BCUT2D eigenvalue weighted by Crippen LogP contribution is 2.52. The molecule has 0 aromatic heterocycles. The number of imide groups is 1. The molecular weight excluding hydrogens is 254 g/mol. The molecule has 4 rings (SSSR count). The average molecular weight is 269 g/mol. The van der Waals surface area contributed by atoms with E-state index < -0.39 is 0 Å². The van der Waals surface area contributed by atoms with Gasteiger partial charge in [0.1, 0.15) is 6.61 Å². The predicted molar refractivity (Wildman–Crippen MR) is 70.8 cm³/mol. The summed E-state index contributed by atoms with van der Waals surface area (Å²) in [6.45, 7) is 0.251. The van der Waals surface area contributed by atoms with Crippen LogP contribution in [0.15, 0.2) is 42.5 Å². The van der Waals surface area contributed by atoms with Crippen molar-refractivity contribution in [1.82, 2.24) is 5.06 Å². The number of hydrogen-bond acceptors (Lipinski definition) is 3. The number of allylic oxidation sites excluding steroid dienone is 2. The van der Waals surface area contributed by atoms with Gasteiger partial charge in [-0.3, -0.25) is 14.4 Å². The van der Waals surface area contributed by atoms with E-state index in [-0.39, 0.29) is 42.1 Å². The molecular formula is C16H15NO3. The van der Waals surface area contributed by atoms with Crippen LogP contribution < -0.4 is 0 Å². The van der Waals surface area contributed by atoms with Crippen molar-refractivity contribution in [2.45, 2.75) is 13.0 Å². The summed E-state index contributed by atoms with van der Waals surface area (Å²) in [6, 6.07) is 9.56. The molecule has 1 saturated heterocycles. The lowest BCUT2D eigenvalue weighted by molar-refractivity contribution is -0.193. The van der Waals surface area contributed by atoms with Crippen LogP contribution in [0.4, 0.5) is 0 Å². The van der Waals surface area contributed by atoms with E-state index in [0.717, 1.165) is 17.0 Å². The Labute approximate surface area is 117 Å². The molecule has 1 aromatic rings. The number of carbonyl (C=O) groups excluding carboxylic acids is 2. The van der Waals surface area contributed by atoms with Gasteiger partial charge >= 0.3 is 0 Å². The standard InChI is InChI=1S/C16H15NO3/c18-15-13-11-6-7-12(8-11)14(13)16(19)17(15)20-9-10-4-2-1-3-5-10/h1-7,11-14H,8-9H2/t11-,12+,13-,14-/m1/s1. The van der Waals surface area contributed by atoms with Crippen LogP contribution in [0.2, 0.25) is 0 Å². The maximum Gasteiger partial charge on any atom is 0.258 e. The fourth-order valence-corrected chi connectivity index (χ4v) is 3.72. The van der Waals surface area contributed by atoms with Crippen LogP contribution in [0, 0.1) is 23.7 Å². The Bertz CT molecular complexity index is 565. The maximum absolute atomic E-state index is 12.4. The van der Waals surface area contributed by atoms with E-state index in [1.54, 1.807) is 0 Å². The second kappa shape index (κ2) is 4.28. The van der Waals surface area contributed by atoms with Gasteiger partial charge in [-0.25, -0.2) is 0 Å². The van der Waals surface area contributed by atoms with Gasteiger partial charge in [0.2, 0.25) is 0 Å². The molecule has 0 unspecified atom stereocenters. The van der Waals surface area contributed by atoms with Crippen molar-refractivity contribution in [3.63, 3.8) is 0 Å². The molecule has 2 aliphatic carbocycles. The molecule has 2 bridgehead atoms. The summed E-state index contributed by atoms with van der Waals surface area (Å²) in [5.74, 6) is -0.236. The third-order valence-electron chi connectivity index (χ3n) is 4.63. The number of hydroxylamine groups is 2. The minimum Gasteiger partial charge on any atom is -0.272 e. The molecule has 0 radical (unpaired) electrons. The molecule has 1 saturated carbocycles. The van der Waals surface area contributed by atoms with Crippen molar-refractivity contribution in [3.8, 4) is 0 Å². The number of carbonyl (C=O) groups is 2. The predicted octanol–water partition coefficient (Wildman–Crippen LogP) is 1.93. The van der Waals surface area contributed by atoms with Crippen molar-refractivity contribution < 1.29 is 14.4 Å². The molecule has 2 fully saturated rings. The minimum atomic E-state index is -0.187. The number of fused-ring (bicyclic) bond motifs is 5. The molecule has 4 nitrogen and oxygen atoms in total. The first-order valence-corrected chi connectivity index (χ1v) is 6.98. The van der Waals surface area contributed by atoms with Gasteiger partial charge in [0.15, 0.2) is 0 Å². The summed E-state index contributed by atoms with van der Waals surface area (Å²) in [5.41, 5.74) is 0.950. The SMILES string of the molecule is O=C1[C@H]2[C@H](C(=O)N1OCc1ccccc1)[C@H]1C=C[C@@H]2C1. The second-order valence-corrected chi connectivity index (χ2v) is 5.73. The first-order chi connectivity index (χ1) is 9.75. The number of nitrogens with zero attached hydrogens (tertiary/aromatic N) is 1. The van der Waals surface area contributed by atoms with E-state index in [9.17, 15) is 9.59 Å². The molecule has 2 amide bonds. The summed E-state index contributed by atoms with van der Waals surface area (Å²) in [5, 5.41) is 1.01. The first-order valence-electron chi connectivity index (χ1n) is 6.98. The second-order valence-electron chi connectivity index (χ2n) is 5.73. The zero-order chi connectivity index (χ0) is 13.7. The highest BCUT2D eigenvalue weighted by atomic mass is 16.7. The lowest BCUT2D eigenvalue weighted by atomic mass is 9.85. The zero-order valence-corrected chi connectivity index (χ0v) is 10.9. The third-order valence-corrected chi connectivity index (χ3v) is 4.63. The maximum atomic E-state index is 12.4. The summed E-state index contributed by atoms with van der Waals surface area (Å²) < 4.78 is 0. The van der Waals surface area contributed by atoms with Gasteiger partial charge in [0, 0.05) is 0 Å². The van der Waals surface area contributed by atoms with Gasteiger partial charge in [-0.05, 0) is 23.8 Å². The molecule has 1 aliphatic heterocycles. The summed E-state index contributed by atoms with van der Waals surface area (Å²) in [4.78, 5) is 30.2. The van der Waals surface area contributed by atoms with E-state index in [1.165, 1.54) is 0 Å². The Kier molecular flexibility index (Phi) is 2.54. The molecule has 20 heavy (non-hydrogen) atoms. The molecule has 3 aliphatic rings. The van der Waals surface area contributed by atoms with Crippen molar-refractivity contribution in [2.75, 3.05) is 0 Å². The minimum absolute atomic E-state index is 0.159. The van der Waals surface area contributed by atoms with Crippen LogP contribution in [-0.2, 0) is 21.0 Å². The van der Waals surface area contributed by atoms with Crippen LogP contribution in [-0.4, -0.2) is 16.9 Å². The van der Waals surface area contributed by atoms with Crippen LogP contribution >= 0.6 is 0 Å². The van der Waals surface area contributed by atoms with E-state index in [2.05, 4.69) is 12.2 Å². The first kappa shape index (κ1) is 11.9. The van der Waals surface area contributed by atoms with Crippen molar-refractivity contribution >= 4 is 11.8 Å². The average Bonchev–Trinajstić information content (AvgIpc) is 3.13. The highest BCUT2D eigenvalue weighted by molar-refractivity contribution is 6.05. The Balaban J connectivity index is 1.51. The van der Waals surface area contributed by atoms with Gasteiger partial charge < -0.3 is 0 Å². The lowest BCUT2D eigenvalue weighted by Gasteiger charge is -2.16. The monoisotopic (exact) mass is 269 g/mol. The van der Waals surface area contributed by atoms with Gasteiger partial charge in [-0.15, -0.1) is 0 Å². The molecule has 0 spiro atoms. The topological polar surface area (TPSA) is 46.6 Å². The van der Waals surface area contributed by atoms with Crippen LogP contribution in [0.5, 0.6) is 0 Å². The Morgan fingerprint density at radius 1 is 1.00 bits per heavy atom.